The average Bonchev–Trinajstić information content (AvgIpc) is 3.29. The topological polar surface area (TPSA) is 127 Å². The van der Waals surface area contributed by atoms with E-state index in [0.717, 1.165) is 30.6 Å². The maximum Gasteiger partial charge on any atom is 0.338 e. The monoisotopic (exact) mass is 590 g/mol. The van der Waals surface area contributed by atoms with Gasteiger partial charge < -0.3 is 30.3 Å². The van der Waals surface area contributed by atoms with E-state index in [2.05, 4.69) is 60.6 Å². The van der Waals surface area contributed by atoms with E-state index in [0.29, 0.717) is 23.7 Å². The third-order valence-corrected chi connectivity index (χ3v) is 12.6. The van der Waals surface area contributed by atoms with Crippen molar-refractivity contribution in [2.45, 2.75) is 137 Å². The Kier molecular flexibility index (Phi) is 10.1. The molecule has 0 aromatic heterocycles. The summed E-state index contributed by atoms with van der Waals surface area (Å²) in [4.78, 5) is 12.9. The number of esters is 1. The molecule has 0 amide bonds. The van der Waals surface area contributed by atoms with Gasteiger partial charge in [-0.1, -0.05) is 57.9 Å². The predicted molar refractivity (Wildman–Crippen MR) is 163 cm³/mol. The van der Waals surface area contributed by atoms with E-state index >= 15 is 0 Å². The van der Waals surface area contributed by atoms with E-state index in [1.54, 1.807) is 0 Å². The van der Waals surface area contributed by atoms with Gasteiger partial charge >= 0.3 is 5.97 Å². The van der Waals surface area contributed by atoms with Crippen molar-refractivity contribution in [3.05, 3.63) is 23.3 Å². The van der Waals surface area contributed by atoms with Gasteiger partial charge in [-0.2, -0.15) is 0 Å². The summed E-state index contributed by atoms with van der Waals surface area (Å²) in [5.41, 5.74) is 2.75. The van der Waals surface area contributed by atoms with E-state index in [9.17, 15) is 25.2 Å². The van der Waals surface area contributed by atoms with Gasteiger partial charge in [0.25, 0.3) is 0 Å². The van der Waals surface area contributed by atoms with E-state index in [-0.39, 0.29) is 5.41 Å². The summed E-state index contributed by atoms with van der Waals surface area (Å²) in [6.07, 6.45) is 7.09. The van der Waals surface area contributed by atoms with E-state index in [1.165, 1.54) is 49.7 Å². The molecule has 0 radical (unpaired) electrons. The molecule has 4 rings (SSSR count). The molecule has 7 nitrogen and oxygen atoms in total. The molecule has 7 heteroatoms. The Morgan fingerprint density at radius 2 is 1.69 bits per heavy atom. The van der Waals surface area contributed by atoms with Crippen molar-refractivity contribution in [1.29, 1.82) is 0 Å². The zero-order valence-electron chi connectivity index (χ0n) is 27.1. The van der Waals surface area contributed by atoms with E-state index in [4.69, 9.17) is 9.84 Å². The number of carbonyl (C=O) groups is 1. The van der Waals surface area contributed by atoms with Crippen molar-refractivity contribution >= 4 is 5.97 Å². The summed E-state index contributed by atoms with van der Waals surface area (Å²) in [5.74, 6) is 2.54. The molecule has 42 heavy (non-hydrogen) atoms. The molecular weight excluding hydrogens is 532 g/mol. The maximum absolute atomic E-state index is 12.9. The van der Waals surface area contributed by atoms with Gasteiger partial charge in [-0.25, -0.2) is 4.79 Å². The molecule has 0 bridgehead atoms. The van der Waals surface area contributed by atoms with Gasteiger partial charge in [0.1, 0.15) is 24.4 Å². The molecule has 0 saturated heterocycles. The fraction of sp³-hybridized carbons (Fsp3) is 0.857. The first-order valence-electron chi connectivity index (χ1n) is 16.5. The van der Waals surface area contributed by atoms with E-state index < -0.39 is 48.5 Å². The second-order valence-corrected chi connectivity index (χ2v) is 15.6. The fourth-order valence-electron chi connectivity index (χ4n) is 10.3. The second kappa shape index (κ2) is 12.6. The number of aliphatic hydroxyl groups is 5. The van der Waals surface area contributed by atoms with Gasteiger partial charge in [-0.15, -0.1) is 0 Å². The van der Waals surface area contributed by atoms with Gasteiger partial charge in [0.15, 0.2) is 6.10 Å². The summed E-state index contributed by atoms with van der Waals surface area (Å²) in [5, 5.41) is 49.2. The molecule has 0 heterocycles. The first kappa shape index (κ1) is 33.6. The minimum atomic E-state index is -2.02. The Labute approximate surface area is 253 Å². The van der Waals surface area contributed by atoms with Gasteiger partial charge in [-0.3, -0.25) is 0 Å². The van der Waals surface area contributed by atoms with Crippen molar-refractivity contribution in [1.82, 2.24) is 0 Å². The molecule has 12 atom stereocenters. The van der Waals surface area contributed by atoms with Crippen LogP contribution in [0.15, 0.2) is 23.3 Å². The third-order valence-electron chi connectivity index (χ3n) is 12.6. The number of fused-ring (bicyclic) bond motifs is 5. The first-order chi connectivity index (χ1) is 19.6. The van der Waals surface area contributed by atoms with Crippen LogP contribution in [-0.2, 0) is 9.53 Å². The Balaban J connectivity index is 1.48. The zero-order chi connectivity index (χ0) is 31.2. The predicted octanol–water partition coefficient (Wildman–Crippen LogP) is 4.93. The van der Waals surface area contributed by atoms with Crippen LogP contribution in [0.3, 0.4) is 0 Å². The van der Waals surface area contributed by atoms with Crippen LogP contribution in [0.2, 0.25) is 0 Å². The van der Waals surface area contributed by atoms with E-state index in [1.807, 2.05) is 0 Å². The van der Waals surface area contributed by atoms with Gasteiger partial charge in [0.05, 0.1) is 6.61 Å². The smallest absolute Gasteiger partial charge is 0.338 e. The van der Waals surface area contributed by atoms with Gasteiger partial charge in [-0.05, 0) is 112 Å². The van der Waals surface area contributed by atoms with Crippen molar-refractivity contribution in [2.24, 2.45) is 45.8 Å². The molecule has 0 aromatic rings. The Bertz CT molecular complexity index is 1030. The largest absolute Gasteiger partial charge is 0.459 e. The Hall–Kier alpha value is -1.25. The lowest BCUT2D eigenvalue weighted by Crippen LogP contribution is -2.56. The van der Waals surface area contributed by atoms with Crippen LogP contribution in [0.4, 0.5) is 0 Å². The maximum atomic E-state index is 12.9. The number of aliphatic hydroxyl groups excluding tert-OH is 5. The molecule has 3 saturated carbocycles. The number of carbonyl (C=O) groups excluding carboxylic acids is 1. The third kappa shape index (κ3) is 5.90. The Morgan fingerprint density at radius 3 is 2.33 bits per heavy atom. The van der Waals surface area contributed by atoms with Crippen LogP contribution < -0.4 is 0 Å². The average molecular weight is 591 g/mol. The number of hydrogen-bond acceptors (Lipinski definition) is 7. The SMILES string of the molecule is CC(C)=CCCC(C)C1CCC2C3CC=C4C(C)(C)C(OC(=O)C(O)C(O)C(O)C(O)CO)CCC4(C)C3CCC12C. The molecule has 12 unspecified atom stereocenters. The number of rotatable bonds is 10. The highest BCUT2D eigenvalue weighted by Crippen LogP contribution is 2.69. The lowest BCUT2D eigenvalue weighted by Gasteiger charge is -2.61. The highest BCUT2D eigenvalue weighted by Gasteiger charge is 2.61. The Morgan fingerprint density at radius 1 is 1.00 bits per heavy atom. The van der Waals surface area contributed by atoms with Crippen LogP contribution in [0.5, 0.6) is 0 Å². The molecule has 0 spiro atoms. The minimum Gasteiger partial charge on any atom is -0.459 e. The van der Waals surface area contributed by atoms with Crippen LogP contribution in [0.1, 0.15) is 106 Å². The molecule has 4 aliphatic carbocycles. The van der Waals surface area contributed by atoms with Crippen LogP contribution in [-0.4, -0.2) is 68.6 Å². The standard InChI is InChI=1S/C35H58O7/c1-20(2)9-8-10-21(3)23-12-13-24-22-11-14-27-33(4,5)28(16-18-35(27,7)25(22)15-17-34(23,24)6)42-32(41)31(40)30(39)29(38)26(37)19-36/h9,14,21-26,28-31,36-40H,8,10-13,15-19H2,1-7H3. The van der Waals surface area contributed by atoms with Crippen molar-refractivity contribution in [3.8, 4) is 0 Å². The van der Waals surface area contributed by atoms with Gasteiger partial charge in [0, 0.05) is 5.41 Å². The summed E-state index contributed by atoms with van der Waals surface area (Å²) >= 11 is 0. The molecule has 3 fully saturated rings. The number of allylic oxidation sites excluding steroid dienone is 3. The lowest BCUT2D eigenvalue weighted by molar-refractivity contribution is -0.183. The summed E-state index contributed by atoms with van der Waals surface area (Å²) in [7, 11) is 0. The lowest BCUT2D eigenvalue weighted by atomic mass is 9.44. The first-order valence-corrected chi connectivity index (χ1v) is 16.5. The molecule has 4 aliphatic rings. The molecular formula is C35H58O7. The number of hydrogen-bond donors (Lipinski definition) is 5. The highest BCUT2D eigenvalue weighted by molar-refractivity contribution is 5.75. The number of ether oxygens (including phenoxy) is 1. The minimum absolute atomic E-state index is 0.0311. The van der Waals surface area contributed by atoms with Crippen molar-refractivity contribution < 1.29 is 35.1 Å². The van der Waals surface area contributed by atoms with Crippen LogP contribution in [0.25, 0.3) is 0 Å². The summed E-state index contributed by atoms with van der Waals surface area (Å²) in [6, 6.07) is 0. The molecule has 0 aliphatic heterocycles. The molecule has 240 valence electrons. The van der Waals surface area contributed by atoms with Crippen LogP contribution in [0, 0.1) is 45.8 Å². The summed E-state index contributed by atoms with van der Waals surface area (Å²) in [6.45, 7) is 15.3. The molecule has 5 N–H and O–H groups in total. The zero-order valence-corrected chi connectivity index (χ0v) is 27.1. The highest BCUT2D eigenvalue weighted by atomic mass is 16.6. The second-order valence-electron chi connectivity index (χ2n) is 15.6. The van der Waals surface area contributed by atoms with Crippen molar-refractivity contribution in [2.75, 3.05) is 6.61 Å². The van der Waals surface area contributed by atoms with Crippen LogP contribution >= 0.6 is 0 Å². The summed E-state index contributed by atoms with van der Waals surface area (Å²) < 4.78 is 5.81. The van der Waals surface area contributed by atoms with Gasteiger partial charge in [0.2, 0.25) is 0 Å². The fourth-order valence-corrected chi connectivity index (χ4v) is 10.3. The van der Waals surface area contributed by atoms with Crippen molar-refractivity contribution in [3.63, 3.8) is 0 Å². The molecule has 0 aromatic carbocycles. The quantitative estimate of drug-likeness (QED) is 0.180. The normalized spacial score (nSPS) is 39.0.